The van der Waals surface area contributed by atoms with Crippen molar-refractivity contribution in [3.05, 3.63) is 64.5 Å². The van der Waals surface area contributed by atoms with Crippen molar-refractivity contribution >= 4 is 17.2 Å². The molecule has 1 amide bonds. The molecule has 4 rings (SSSR count). The van der Waals surface area contributed by atoms with E-state index in [1.807, 2.05) is 11.0 Å². The van der Waals surface area contributed by atoms with Crippen LogP contribution in [0, 0.1) is 23.0 Å². The number of methoxy groups -OCH3 is 1. The van der Waals surface area contributed by atoms with E-state index in [2.05, 4.69) is 12.2 Å². The summed E-state index contributed by atoms with van der Waals surface area (Å²) in [5.41, 5.74) is 1.62. The fourth-order valence-electron chi connectivity index (χ4n) is 3.87. The molecule has 2 aromatic carbocycles. The zero-order valence-electron chi connectivity index (χ0n) is 18.3. The van der Waals surface area contributed by atoms with Crippen LogP contribution in [0.5, 0.6) is 5.75 Å². The third-order valence-corrected chi connectivity index (χ3v) is 6.92. The van der Waals surface area contributed by atoms with Gasteiger partial charge >= 0.3 is 0 Å². The highest BCUT2D eigenvalue weighted by molar-refractivity contribution is 7.18. The van der Waals surface area contributed by atoms with Gasteiger partial charge in [-0.1, -0.05) is 6.07 Å². The van der Waals surface area contributed by atoms with E-state index in [1.165, 1.54) is 42.7 Å². The topological polar surface area (TPSA) is 65.4 Å². The average molecular weight is 468 g/mol. The lowest BCUT2D eigenvalue weighted by Gasteiger charge is -2.19. The second-order valence-electron chi connectivity index (χ2n) is 7.95. The number of thiophene rings is 1. The Balaban J connectivity index is 1.79. The number of nitrogens with one attached hydrogen (secondary N) is 1. The smallest absolute Gasteiger partial charge is 0.264 e. The molecule has 0 radical (unpaired) electrons. The number of ether oxygens (including phenoxy) is 1. The summed E-state index contributed by atoms with van der Waals surface area (Å²) in [6.45, 7) is 4.03. The minimum absolute atomic E-state index is 0.0616. The largest absolute Gasteiger partial charge is 0.494 e. The van der Waals surface area contributed by atoms with Gasteiger partial charge in [-0.15, -0.1) is 11.3 Å². The van der Waals surface area contributed by atoms with Gasteiger partial charge in [0.2, 0.25) is 0 Å². The zero-order chi connectivity index (χ0) is 23.5. The van der Waals surface area contributed by atoms with E-state index >= 15 is 0 Å². The predicted molar refractivity (Wildman–Crippen MR) is 124 cm³/mol. The molecule has 1 saturated heterocycles. The van der Waals surface area contributed by atoms with Crippen molar-refractivity contribution in [2.24, 2.45) is 0 Å². The molecule has 0 saturated carbocycles. The molecule has 0 unspecified atom stereocenters. The Kier molecular flexibility index (Phi) is 6.72. The van der Waals surface area contributed by atoms with E-state index in [0.29, 0.717) is 52.1 Å². The standard InChI is InChI=1S/C25H23F2N3O2S/c1-15-7-9-30(10-8-29-15)25(31)23-13-19(16-3-4-18(14-28)20(26)11-16)24(33-23)17-5-6-22(32-2)21(27)12-17/h3-6,11-13,15,29H,7-10H2,1-2H3/t15-/m0/s1. The highest BCUT2D eigenvalue weighted by Gasteiger charge is 2.24. The highest BCUT2D eigenvalue weighted by Crippen LogP contribution is 2.41. The van der Waals surface area contributed by atoms with Gasteiger partial charge in [0, 0.05) is 36.1 Å². The first-order chi connectivity index (χ1) is 15.9. The van der Waals surface area contributed by atoms with Crippen LogP contribution in [-0.2, 0) is 0 Å². The van der Waals surface area contributed by atoms with Gasteiger partial charge in [-0.3, -0.25) is 4.79 Å². The first kappa shape index (κ1) is 22.9. The number of hydrogen-bond acceptors (Lipinski definition) is 5. The van der Waals surface area contributed by atoms with E-state index in [9.17, 15) is 13.6 Å². The molecule has 170 valence electrons. The van der Waals surface area contributed by atoms with Gasteiger partial charge in [-0.25, -0.2) is 8.78 Å². The highest BCUT2D eigenvalue weighted by atomic mass is 32.1. The summed E-state index contributed by atoms with van der Waals surface area (Å²) >= 11 is 1.25. The van der Waals surface area contributed by atoms with Gasteiger partial charge in [-0.2, -0.15) is 5.26 Å². The number of amides is 1. The van der Waals surface area contributed by atoms with Gasteiger partial charge in [0.25, 0.3) is 5.91 Å². The van der Waals surface area contributed by atoms with E-state index in [4.69, 9.17) is 10.00 Å². The van der Waals surface area contributed by atoms with Crippen LogP contribution in [0.25, 0.3) is 21.6 Å². The zero-order valence-corrected chi connectivity index (χ0v) is 19.1. The fourth-order valence-corrected chi connectivity index (χ4v) is 5.02. The molecule has 0 bridgehead atoms. The molecule has 5 nitrogen and oxygen atoms in total. The van der Waals surface area contributed by atoms with Gasteiger partial charge in [0.05, 0.1) is 17.6 Å². The fraction of sp³-hybridized carbons (Fsp3) is 0.280. The van der Waals surface area contributed by atoms with Gasteiger partial charge in [0.1, 0.15) is 11.9 Å². The molecule has 0 aliphatic carbocycles. The van der Waals surface area contributed by atoms with E-state index in [1.54, 1.807) is 18.2 Å². The third kappa shape index (κ3) is 4.75. The maximum atomic E-state index is 14.5. The normalized spacial score (nSPS) is 16.2. The molecule has 1 atom stereocenters. The Morgan fingerprint density at radius 2 is 1.91 bits per heavy atom. The Morgan fingerprint density at radius 1 is 1.15 bits per heavy atom. The molecule has 0 spiro atoms. The maximum Gasteiger partial charge on any atom is 0.264 e. The maximum absolute atomic E-state index is 14.5. The first-order valence-electron chi connectivity index (χ1n) is 10.6. The van der Waals surface area contributed by atoms with Crippen LogP contribution in [0.15, 0.2) is 42.5 Å². The average Bonchev–Trinajstić information content (AvgIpc) is 3.14. The van der Waals surface area contributed by atoms with E-state index < -0.39 is 11.6 Å². The SMILES string of the molecule is COc1ccc(-c2sc(C(=O)N3CCN[C@@H](C)CC3)cc2-c2ccc(C#N)c(F)c2)cc1F. The second kappa shape index (κ2) is 9.69. The monoisotopic (exact) mass is 467 g/mol. The molecular formula is C25H23F2N3O2S. The van der Waals surface area contributed by atoms with E-state index in [0.717, 1.165) is 6.42 Å². The summed E-state index contributed by atoms with van der Waals surface area (Å²) in [6.07, 6.45) is 0.849. The third-order valence-electron chi connectivity index (χ3n) is 5.75. The molecule has 1 aliphatic heterocycles. The summed E-state index contributed by atoms with van der Waals surface area (Å²) in [5, 5.41) is 12.4. The van der Waals surface area contributed by atoms with Crippen molar-refractivity contribution in [1.82, 2.24) is 10.2 Å². The number of hydrogen-bond donors (Lipinski definition) is 1. The lowest BCUT2D eigenvalue weighted by Crippen LogP contribution is -2.33. The van der Waals surface area contributed by atoms with E-state index in [-0.39, 0.29) is 17.2 Å². The number of carbonyl (C=O) groups is 1. The molecule has 3 aromatic rings. The quantitative estimate of drug-likeness (QED) is 0.582. The number of benzene rings is 2. The molecule has 1 N–H and O–H groups in total. The van der Waals surface area contributed by atoms with Crippen molar-refractivity contribution in [3.8, 4) is 33.4 Å². The Bertz CT molecular complexity index is 1230. The molecule has 8 heteroatoms. The van der Waals surface area contributed by atoms with Crippen LogP contribution in [0.4, 0.5) is 8.78 Å². The van der Waals surface area contributed by atoms with Crippen molar-refractivity contribution in [2.45, 2.75) is 19.4 Å². The van der Waals surface area contributed by atoms with Crippen molar-refractivity contribution < 1.29 is 18.3 Å². The van der Waals surface area contributed by atoms with Gasteiger partial charge in [0.15, 0.2) is 11.6 Å². The van der Waals surface area contributed by atoms with Crippen molar-refractivity contribution in [2.75, 3.05) is 26.7 Å². The molecule has 1 aromatic heterocycles. The summed E-state index contributed by atoms with van der Waals surface area (Å²) in [7, 11) is 1.39. The Hall–Kier alpha value is -3.28. The number of carbonyl (C=O) groups excluding carboxylic acids is 1. The number of nitriles is 1. The number of halogens is 2. The lowest BCUT2D eigenvalue weighted by atomic mass is 10.0. The minimum Gasteiger partial charge on any atom is -0.494 e. The predicted octanol–water partition coefficient (Wildman–Crippen LogP) is 5.06. The van der Waals surface area contributed by atoms with Gasteiger partial charge < -0.3 is 15.0 Å². The Labute approximate surface area is 195 Å². The molecule has 2 heterocycles. The summed E-state index contributed by atoms with van der Waals surface area (Å²) in [5.74, 6) is -1.16. The minimum atomic E-state index is -0.645. The molecular weight excluding hydrogens is 444 g/mol. The Morgan fingerprint density at radius 3 is 2.61 bits per heavy atom. The molecule has 33 heavy (non-hydrogen) atoms. The van der Waals surface area contributed by atoms with Crippen LogP contribution in [0.2, 0.25) is 0 Å². The number of nitrogens with zero attached hydrogens (tertiary/aromatic N) is 2. The summed E-state index contributed by atoms with van der Waals surface area (Å²) in [4.78, 5) is 16.3. The van der Waals surface area contributed by atoms with Crippen LogP contribution in [0.3, 0.4) is 0 Å². The first-order valence-corrected chi connectivity index (χ1v) is 11.4. The van der Waals surface area contributed by atoms with Gasteiger partial charge in [-0.05, 0) is 60.9 Å². The van der Waals surface area contributed by atoms with Crippen molar-refractivity contribution in [3.63, 3.8) is 0 Å². The van der Waals surface area contributed by atoms with Crippen LogP contribution in [0.1, 0.15) is 28.6 Å². The van der Waals surface area contributed by atoms with Crippen LogP contribution in [-0.4, -0.2) is 43.6 Å². The summed E-state index contributed by atoms with van der Waals surface area (Å²) < 4.78 is 33.9. The lowest BCUT2D eigenvalue weighted by molar-refractivity contribution is 0.0770. The molecule has 1 aliphatic rings. The number of rotatable bonds is 4. The van der Waals surface area contributed by atoms with Crippen LogP contribution < -0.4 is 10.1 Å². The van der Waals surface area contributed by atoms with Crippen LogP contribution >= 0.6 is 11.3 Å². The summed E-state index contributed by atoms with van der Waals surface area (Å²) in [6, 6.07) is 12.8. The second-order valence-corrected chi connectivity index (χ2v) is 9.00. The molecule has 1 fully saturated rings. The van der Waals surface area contributed by atoms with Crippen molar-refractivity contribution in [1.29, 1.82) is 5.26 Å².